The normalized spacial score (nSPS) is 9.51. The van der Waals surface area contributed by atoms with Crippen molar-refractivity contribution in [1.29, 1.82) is 0 Å². The molecule has 0 aliphatic rings. The standard InChI is InChI=1S/C37H28O8/c1-5-33(38)42-23-28-13-9-26(10-14-28)17-19-30-21-22-31(37(45-36(41)8-4)32(30)25-44-35(40)7-3)20-18-27-11-15-29(16-12-27)24-43-34(39)6-2/h5-16,21-22H,1-4,23-25H2. The van der Waals surface area contributed by atoms with Crippen molar-refractivity contribution in [3.8, 4) is 29.4 Å². The molecule has 0 spiro atoms. The van der Waals surface area contributed by atoms with Gasteiger partial charge in [0.15, 0.2) is 5.75 Å². The van der Waals surface area contributed by atoms with Crippen LogP contribution in [0.25, 0.3) is 0 Å². The third-order valence-electron chi connectivity index (χ3n) is 5.84. The highest BCUT2D eigenvalue weighted by molar-refractivity contribution is 5.85. The molecule has 45 heavy (non-hydrogen) atoms. The summed E-state index contributed by atoms with van der Waals surface area (Å²) in [6, 6.07) is 17.4. The molecule has 0 fully saturated rings. The number of hydrogen-bond donors (Lipinski definition) is 0. The highest BCUT2D eigenvalue weighted by Gasteiger charge is 2.17. The molecule has 0 heterocycles. The van der Waals surface area contributed by atoms with E-state index in [9.17, 15) is 19.2 Å². The Hall–Kier alpha value is -6.38. The maximum absolute atomic E-state index is 12.3. The molecule has 0 amide bonds. The van der Waals surface area contributed by atoms with E-state index in [0.29, 0.717) is 27.8 Å². The average Bonchev–Trinajstić information content (AvgIpc) is 3.07. The van der Waals surface area contributed by atoms with Crippen LogP contribution in [0.4, 0.5) is 0 Å². The fourth-order valence-corrected chi connectivity index (χ4v) is 3.52. The lowest BCUT2D eigenvalue weighted by atomic mass is 10.0. The molecule has 0 saturated heterocycles. The van der Waals surface area contributed by atoms with Crippen molar-refractivity contribution in [3.63, 3.8) is 0 Å². The molecule has 0 aliphatic carbocycles. The minimum atomic E-state index is -0.745. The summed E-state index contributed by atoms with van der Waals surface area (Å²) in [6.07, 6.45) is 4.19. The van der Waals surface area contributed by atoms with Gasteiger partial charge in [-0.15, -0.1) is 0 Å². The van der Waals surface area contributed by atoms with Gasteiger partial charge in [0.2, 0.25) is 0 Å². The van der Waals surface area contributed by atoms with Gasteiger partial charge < -0.3 is 18.9 Å². The fraction of sp³-hybridized carbons (Fsp3) is 0.0811. The van der Waals surface area contributed by atoms with Gasteiger partial charge in [-0.2, -0.15) is 0 Å². The van der Waals surface area contributed by atoms with E-state index < -0.39 is 23.9 Å². The molecule has 0 unspecified atom stereocenters. The molecule has 3 aromatic carbocycles. The summed E-state index contributed by atoms with van der Waals surface area (Å²) < 4.78 is 20.9. The van der Waals surface area contributed by atoms with Crippen molar-refractivity contribution in [2.75, 3.05) is 0 Å². The van der Waals surface area contributed by atoms with Crippen molar-refractivity contribution in [2.24, 2.45) is 0 Å². The summed E-state index contributed by atoms with van der Waals surface area (Å²) in [5, 5.41) is 0. The van der Waals surface area contributed by atoms with E-state index in [2.05, 4.69) is 50.0 Å². The number of esters is 4. The lowest BCUT2D eigenvalue weighted by Crippen LogP contribution is -2.10. The van der Waals surface area contributed by atoms with Gasteiger partial charge in [0, 0.05) is 46.6 Å². The van der Waals surface area contributed by atoms with E-state index in [1.807, 2.05) is 0 Å². The second-order valence-electron chi connectivity index (χ2n) is 8.92. The van der Waals surface area contributed by atoms with Gasteiger partial charge in [-0.1, -0.05) is 74.3 Å². The summed E-state index contributed by atoms with van der Waals surface area (Å²) >= 11 is 0. The number of carbonyl (C=O) groups excluding carboxylic acids is 4. The van der Waals surface area contributed by atoms with Crippen LogP contribution in [0.3, 0.4) is 0 Å². The number of rotatable bonds is 11. The SMILES string of the molecule is C=CC(=O)OCc1ccc(C#Cc2ccc(C#Cc3ccc(COC(=O)C=C)cc3)c(OC(=O)C=C)c2COC(=O)C=C)cc1. The van der Waals surface area contributed by atoms with Gasteiger partial charge in [-0.25, -0.2) is 19.2 Å². The van der Waals surface area contributed by atoms with Gasteiger partial charge in [0.1, 0.15) is 19.8 Å². The largest absolute Gasteiger partial charge is 0.458 e. The molecule has 0 atom stereocenters. The molecule has 0 N–H and O–H groups in total. The predicted molar refractivity (Wildman–Crippen MR) is 167 cm³/mol. The van der Waals surface area contributed by atoms with Gasteiger partial charge >= 0.3 is 23.9 Å². The molecule has 0 radical (unpaired) electrons. The second-order valence-corrected chi connectivity index (χ2v) is 8.92. The number of ether oxygens (including phenoxy) is 4. The molecule has 0 bridgehead atoms. The summed E-state index contributed by atoms with van der Waals surface area (Å²) in [4.78, 5) is 46.9. The zero-order valence-corrected chi connectivity index (χ0v) is 24.3. The van der Waals surface area contributed by atoms with Crippen LogP contribution in [0, 0.1) is 23.7 Å². The Morgan fingerprint density at radius 3 is 1.36 bits per heavy atom. The minimum absolute atomic E-state index is 0.0587. The first-order chi connectivity index (χ1) is 21.8. The molecule has 224 valence electrons. The quantitative estimate of drug-likeness (QED) is 0.0965. The molecule has 8 heteroatoms. The summed E-state index contributed by atoms with van der Waals surface area (Å²) in [5.74, 6) is 9.68. The van der Waals surface area contributed by atoms with Crippen LogP contribution in [0.5, 0.6) is 5.75 Å². The second kappa shape index (κ2) is 16.9. The van der Waals surface area contributed by atoms with Gasteiger partial charge in [-0.3, -0.25) is 0 Å². The maximum atomic E-state index is 12.3. The van der Waals surface area contributed by atoms with Crippen molar-refractivity contribution >= 4 is 23.9 Å². The molecule has 0 aliphatic heterocycles. The monoisotopic (exact) mass is 600 g/mol. The lowest BCUT2D eigenvalue weighted by molar-refractivity contribution is -0.139. The molecule has 3 aromatic rings. The highest BCUT2D eigenvalue weighted by atomic mass is 16.5. The first-order valence-corrected chi connectivity index (χ1v) is 13.4. The summed E-state index contributed by atoms with van der Waals surface area (Å²) in [5.41, 5.74) is 3.89. The van der Waals surface area contributed by atoms with Crippen LogP contribution < -0.4 is 4.74 Å². The summed E-state index contributed by atoms with van der Waals surface area (Å²) in [7, 11) is 0. The Kier molecular flexibility index (Phi) is 12.4. The molecular weight excluding hydrogens is 572 g/mol. The summed E-state index contributed by atoms with van der Waals surface area (Å²) in [6.45, 7) is 13.5. The van der Waals surface area contributed by atoms with Crippen molar-refractivity contribution in [1.82, 2.24) is 0 Å². The molecule has 0 saturated carbocycles. The van der Waals surface area contributed by atoms with Gasteiger partial charge in [-0.05, 0) is 47.5 Å². The smallest absolute Gasteiger partial charge is 0.335 e. The van der Waals surface area contributed by atoms with Crippen LogP contribution in [0.1, 0.15) is 38.9 Å². The molecule has 8 nitrogen and oxygen atoms in total. The highest BCUT2D eigenvalue weighted by Crippen LogP contribution is 2.29. The molecule has 3 rings (SSSR count). The Bertz CT molecular complexity index is 1760. The Balaban J connectivity index is 1.98. The Morgan fingerprint density at radius 1 is 0.511 bits per heavy atom. The van der Waals surface area contributed by atoms with Crippen molar-refractivity contribution < 1.29 is 38.1 Å². The van der Waals surface area contributed by atoms with E-state index in [0.717, 1.165) is 35.4 Å². The zero-order valence-electron chi connectivity index (χ0n) is 24.3. The minimum Gasteiger partial charge on any atom is -0.458 e. The third kappa shape index (κ3) is 10.4. The van der Waals surface area contributed by atoms with Crippen LogP contribution in [0.2, 0.25) is 0 Å². The Morgan fingerprint density at radius 2 is 0.911 bits per heavy atom. The fourth-order valence-electron chi connectivity index (χ4n) is 3.52. The van der Waals surface area contributed by atoms with Gasteiger partial charge in [0.05, 0.1) is 5.56 Å². The van der Waals surface area contributed by atoms with E-state index in [1.54, 1.807) is 60.7 Å². The van der Waals surface area contributed by atoms with E-state index >= 15 is 0 Å². The number of carbonyl (C=O) groups is 4. The van der Waals surface area contributed by atoms with E-state index in [-0.39, 0.29) is 25.6 Å². The predicted octanol–water partition coefficient (Wildman–Crippen LogP) is 5.27. The third-order valence-corrected chi connectivity index (χ3v) is 5.84. The first-order valence-electron chi connectivity index (χ1n) is 13.4. The zero-order chi connectivity index (χ0) is 32.6. The molecular formula is C37H28O8. The van der Waals surface area contributed by atoms with E-state index in [4.69, 9.17) is 18.9 Å². The van der Waals surface area contributed by atoms with Crippen LogP contribution in [-0.4, -0.2) is 23.9 Å². The van der Waals surface area contributed by atoms with Crippen molar-refractivity contribution in [2.45, 2.75) is 19.8 Å². The maximum Gasteiger partial charge on any atom is 0.335 e. The van der Waals surface area contributed by atoms with Gasteiger partial charge in [0.25, 0.3) is 0 Å². The average molecular weight is 601 g/mol. The number of benzene rings is 3. The van der Waals surface area contributed by atoms with Crippen LogP contribution in [-0.2, 0) is 53.2 Å². The van der Waals surface area contributed by atoms with Crippen LogP contribution in [0.15, 0.2) is 111 Å². The Labute approximate surface area is 261 Å². The van der Waals surface area contributed by atoms with Crippen LogP contribution >= 0.6 is 0 Å². The lowest BCUT2D eigenvalue weighted by Gasteiger charge is -2.13. The topological polar surface area (TPSA) is 105 Å². The van der Waals surface area contributed by atoms with Crippen molar-refractivity contribution in [3.05, 3.63) is 150 Å². The molecule has 0 aromatic heterocycles. The number of hydrogen-bond acceptors (Lipinski definition) is 8. The first kappa shape index (κ1) is 33.1. The van der Waals surface area contributed by atoms with E-state index in [1.165, 1.54) is 0 Å².